The summed E-state index contributed by atoms with van der Waals surface area (Å²) in [6.45, 7) is 5.46. The van der Waals surface area contributed by atoms with Gasteiger partial charge in [0.2, 0.25) is 0 Å². The second kappa shape index (κ2) is 7.21. The van der Waals surface area contributed by atoms with E-state index in [2.05, 4.69) is 12.2 Å². The average molecular weight is 201 g/mol. The monoisotopic (exact) mass is 201 g/mol. The fraction of sp³-hybridized carbons (Fsp3) is 1.00. The largest absolute Gasteiger partial charge is 0.396 e. The van der Waals surface area contributed by atoms with Gasteiger partial charge in [-0.05, 0) is 45.1 Å². The molecular weight excluding hydrogens is 178 g/mol. The van der Waals surface area contributed by atoms with Gasteiger partial charge >= 0.3 is 0 Å². The lowest BCUT2D eigenvalue weighted by atomic mass is 10.00. The molecular formula is C11H23NO2. The molecule has 0 saturated carbocycles. The maximum Gasteiger partial charge on any atom is 0.0469 e. The van der Waals surface area contributed by atoms with Crippen LogP contribution in [0.1, 0.15) is 32.6 Å². The normalized spacial score (nSPS) is 21.0. The zero-order valence-corrected chi connectivity index (χ0v) is 9.17. The van der Waals surface area contributed by atoms with Crippen molar-refractivity contribution in [1.29, 1.82) is 0 Å². The van der Waals surface area contributed by atoms with Crippen LogP contribution < -0.4 is 5.32 Å². The lowest BCUT2D eigenvalue weighted by Gasteiger charge is -2.24. The Labute approximate surface area is 86.8 Å². The van der Waals surface area contributed by atoms with Crippen molar-refractivity contribution in [3.8, 4) is 0 Å². The second-order valence-corrected chi connectivity index (χ2v) is 4.23. The minimum absolute atomic E-state index is 0.309. The van der Waals surface area contributed by atoms with Crippen molar-refractivity contribution in [1.82, 2.24) is 5.32 Å². The van der Waals surface area contributed by atoms with E-state index in [0.717, 1.165) is 38.5 Å². The van der Waals surface area contributed by atoms with Crippen LogP contribution in [0.2, 0.25) is 0 Å². The maximum absolute atomic E-state index is 8.69. The molecule has 0 bridgehead atoms. The number of nitrogens with one attached hydrogen (secondary N) is 1. The molecule has 0 aliphatic carbocycles. The lowest BCUT2D eigenvalue weighted by Crippen LogP contribution is -2.33. The van der Waals surface area contributed by atoms with E-state index >= 15 is 0 Å². The van der Waals surface area contributed by atoms with Gasteiger partial charge in [-0.3, -0.25) is 0 Å². The Morgan fingerprint density at radius 2 is 2.14 bits per heavy atom. The summed E-state index contributed by atoms with van der Waals surface area (Å²) in [6.07, 6.45) is 4.36. The molecule has 0 aromatic rings. The van der Waals surface area contributed by atoms with Crippen molar-refractivity contribution in [2.45, 2.75) is 38.6 Å². The minimum Gasteiger partial charge on any atom is -0.396 e. The van der Waals surface area contributed by atoms with Crippen LogP contribution in [0.4, 0.5) is 0 Å². The fourth-order valence-electron chi connectivity index (χ4n) is 1.82. The first-order valence-corrected chi connectivity index (χ1v) is 5.75. The molecule has 0 spiro atoms. The van der Waals surface area contributed by atoms with Gasteiger partial charge in [-0.25, -0.2) is 0 Å². The van der Waals surface area contributed by atoms with Gasteiger partial charge in [0, 0.05) is 25.9 Å². The van der Waals surface area contributed by atoms with E-state index in [0.29, 0.717) is 12.6 Å². The summed E-state index contributed by atoms with van der Waals surface area (Å²) in [7, 11) is 0. The van der Waals surface area contributed by atoms with Crippen LogP contribution in [0.5, 0.6) is 0 Å². The first-order valence-electron chi connectivity index (χ1n) is 5.75. The van der Waals surface area contributed by atoms with E-state index in [1.165, 1.54) is 12.8 Å². The Bertz CT molecular complexity index is 135. The standard InChI is InChI=1S/C11H23NO2/c1-10(3-2-6-13)12-9-11-4-7-14-8-5-11/h10-13H,2-9H2,1H3. The quantitative estimate of drug-likeness (QED) is 0.677. The van der Waals surface area contributed by atoms with Crippen molar-refractivity contribution >= 4 is 0 Å². The molecule has 14 heavy (non-hydrogen) atoms. The Morgan fingerprint density at radius 3 is 2.79 bits per heavy atom. The molecule has 1 saturated heterocycles. The molecule has 3 heteroatoms. The summed E-state index contributed by atoms with van der Waals surface area (Å²) < 4.78 is 5.31. The Balaban J connectivity index is 2.00. The van der Waals surface area contributed by atoms with E-state index < -0.39 is 0 Å². The van der Waals surface area contributed by atoms with Crippen LogP contribution in [-0.4, -0.2) is 37.5 Å². The van der Waals surface area contributed by atoms with Gasteiger partial charge in [-0.1, -0.05) is 0 Å². The second-order valence-electron chi connectivity index (χ2n) is 4.23. The van der Waals surface area contributed by atoms with Crippen LogP contribution in [0, 0.1) is 5.92 Å². The molecule has 84 valence electrons. The highest BCUT2D eigenvalue weighted by atomic mass is 16.5. The number of ether oxygens (including phenoxy) is 1. The van der Waals surface area contributed by atoms with E-state index in [9.17, 15) is 0 Å². The molecule has 1 rings (SSSR count). The average Bonchev–Trinajstić information content (AvgIpc) is 2.25. The maximum atomic E-state index is 8.69. The number of hydrogen-bond donors (Lipinski definition) is 2. The predicted octanol–water partition coefficient (Wildman–Crippen LogP) is 1.16. The molecule has 0 aromatic heterocycles. The van der Waals surface area contributed by atoms with Crippen LogP contribution in [0.3, 0.4) is 0 Å². The molecule has 1 heterocycles. The third-order valence-electron chi connectivity index (χ3n) is 2.89. The highest BCUT2D eigenvalue weighted by Gasteiger charge is 2.13. The molecule has 1 unspecified atom stereocenters. The molecule has 2 N–H and O–H groups in total. The van der Waals surface area contributed by atoms with Crippen LogP contribution in [0.15, 0.2) is 0 Å². The molecule has 0 amide bonds. The van der Waals surface area contributed by atoms with Crippen LogP contribution in [0.25, 0.3) is 0 Å². The van der Waals surface area contributed by atoms with E-state index in [1.807, 2.05) is 0 Å². The third-order valence-corrected chi connectivity index (χ3v) is 2.89. The van der Waals surface area contributed by atoms with Gasteiger partial charge in [0.05, 0.1) is 0 Å². The van der Waals surface area contributed by atoms with E-state index in [1.54, 1.807) is 0 Å². The van der Waals surface area contributed by atoms with Crippen molar-refractivity contribution in [3.05, 3.63) is 0 Å². The molecule has 1 atom stereocenters. The summed E-state index contributed by atoms with van der Waals surface area (Å²) in [5, 5.41) is 12.2. The van der Waals surface area contributed by atoms with E-state index in [-0.39, 0.29) is 0 Å². The number of aliphatic hydroxyl groups excluding tert-OH is 1. The summed E-state index contributed by atoms with van der Waals surface area (Å²) >= 11 is 0. The van der Waals surface area contributed by atoms with Gasteiger partial charge in [-0.15, -0.1) is 0 Å². The number of aliphatic hydroxyl groups is 1. The topological polar surface area (TPSA) is 41.5 Å². The lowest BCUT2D eigenvalue weighted by molar-refractivity contribution is 0.0654. The smallest absolute Gasteiger partial charge is 0.0469 e. The summed E-state index contributed by atoms with van der Waals surface area (Å²) in [4.78, 5) is 0. The molecule has 1 fully saturated rings. The molecule has 1 aliphatic heterocycles. The summed E-state index contributed by atoms with van der Waals surface area (Å²) in [6, 6.07) is 0.532. The molecule has 3 nitrogen and oxygen atoms in total. The van der Waals surface area contributed by atoms with Gasteiger partial charge < -0.3 is 15.2 Å². The van der Waals surface area contributed by atoms with Crippen molar-refractivity contribution < 1.29 is 9.84 Å². The molecule has 0 aromatic carbocycles. The Hall–Kier alpha value is -0.120. The first-order chi connectivity index (χ1) is 6.83. The van der Waals surface area contributed by atoms with Gasteiger partial charge in [0.1, 0.15) is 0 Å². The zero-order valence-electron chi connectivity index (χ0n) is 9.17. The highest BCUT2D eigenvalue weighted by molar-refractivity contribution is 4.69. The summed E-state index contributed by atoms with van der Waals surface area (Å²) in [5.41, 5.74) is 0. The van der Waals surface area contributed by atoms with Gasteiger partial charge in [0.25, 0.3) is 0 Å². The Kier molecular flexibility index (Phi) is 6.15. The van der Waals surface area contributed by atoms with Gasteiger partial charge in [-0.2, -0.15) is 0 Å². The Morgan fingerprint density at radius 1 is 1.43 bits per heavy atom. The summed E-state index contributed by atoms with van der Waals surface area (Å²) in [5.74, 6) is 0.792. The minimum atomic E-state index is 0.309. The SMILES string of the molecule is CC(CCCO)NCC1CCOCC1. The van der Waals surface area contributed by atoms with Crippen molar-refractivity contribution in [3.63, 3.8) is 0 Å². The number of rotatable bonds is 6. The van der Waals surface area contributed by atoms with Gasteiger partial charge in [0.15, 0.2) is 0 Å². The van der Waals surface area contributed by atoms with E-state index in [4.69, 9.17) is 9.84 Å². The third kappa shape index (κ3) is 4.94. The zero-order chi connectivity index (χ0) is 10.2. The molecule has 0 radical (unpaired) electrons. The van der Waals surface area contributed by atoms with Crippen molar-refractivity contribution in [2.24, 2.45) is 5.92 Å². The fourth-order valence-corrected chi connectivity index (χ4v) is 1.82. The van der Waals surface area contributed by atoms with Crippen molar-refractivity contribution in [2.75, 3.05) is 26.4 Å². The molecule has 1 aliphatic rings. The predicted molar refractivity (Wildman–Crippen MR) is 57.3 cm³/mol. The first kappa shape index (κ1) is 12.0. The van der Waals surface area contributed by atoms with Crippen LogP contribution in [-0.2, 0) is 4.74 Å². The number of hydrogen-bond acceptors (Lipinski definition) is 3. The highest BCUT2D eigenvalue weighted by Crippen LogP contribution is 2.13. The van der Waals surface area contributed by atoms with Crippen LogP contribution >= 0.6 is 0 Å².